The molecule has 224 valence electrons. The Labute approximate surface area is 265 Å². The van der Waals surface area contributed by atoms with Gasteiger partial charge in [-0.3, -0.25) is 14.9 Å². The summed E-state index contributed by atoms with van der Waals surface area (Å²) in [5.74, 6) is 0.0820. The molecule has 1 aromatic heterocycles. The number of halogens is 1. The Morgan fingerprint density at radius 3 is 2.44 bits per heavy atom. The summed E-state index contributed by atoms with van der Waals surface area (Å²) in [5.41, 5.74) is 3.66. The molecule has 2 atom stereocenters. The standard InChI is InChI=1S/C32H35BrN6O3S/c1-3-23(2)30(21-37(19-24-9-5-4-6-10-24)32(43)36-29-12-8-7-11-28(29)33)35-31(40)17-27-18-34-22-38(27)20-25-13-15-26(16-14-25)39(41)42/h4-16,18,22-23,30H,3,17,19-21H2,1-2H3,(H,35,40)(H,36,43)/t23-,30+/m0/s1. The third-order valence-corrected chi connectivity index (χ3v) is 8.41. The van der Waals surface area contributed by atoms with Crippen LogP contribution in [0, 0.1) is 16.0 Å². The maximum atomic E-state index is 13.4. The van der Waals surface area contributed by atoms with Crippen molar-refractivity contribution in [2.45, 2.75) is 45.8 Å². The number of amides is 1. The van der Waals surface area contributed by atoms with Gasteiger partial charge in [0.1, 0.15) is 0 Å². The highest BCUT2D eigenvalue weighted by atomic mass is 79.9. The van der Waals surface area contributed by atoms with Crippen LogP contribution in [0.1, 0.15) is 37.1 Å². The predicted octanol–water partition coefficient (Wildman–Crippen LogP) is 6.57. The van der Waals surface area contributed by atoms with Gasteiger partial charge in [-0.15, -0.1) is 0 Å². The monoisotopic (exact) mass is 662 g/mol. The van der Waals surface area contributed by atoms with Gasteiger partial charge in [-0.2, -0.15) is 0 Å². The average Bonchev–Trinajstić information content (AvgIpc) is 3.43. The molecule has 2 N–H and O–H groups in total. The summed E-state index contributed by atoms with van der Waals surface area (Å²) in [5, 5.41) is 18.2. The zero-order valence-corrected chi connectivity index (χ0v) is 26.6. The minimum atomic E-state index is -0.422. The first-order valence-electron chi connectivity index (χ1n) is 14.1. The first kappa shape index (κ1) is 31.8. The molecule has 0 aliphatic carbocycles. The fraction of sp³-hybridized carbons (Fsp3) is 0.281. The summed E-state index contributed by atoms with van der Waals surface area (Å²) in [6.07, 6.45) is 4.39. The van der Waals surface area contributed by atoms with Gasteiger partial charge < -0.3 is 20.1 Å². The fourth-order valence-electron chi connectivity index (χ4n) is 4.65. The Morgan fingerprint density at radius 1 is 1.07 bits per heavy atom. The van der Waals surface area contributed by atoms with Crippen LogP contribution in [0.15, 0.2) is 95.9 Å². The molecule has 1 heterocycles. The molecule has 1 amide bonds. The highest BCUT2D eigenvalue weighted by molar-refractivity contribution is 9.10. The number of anilines is 1. The molecule has 3 aromatic carbocycles. The topological polar surface area (TPSA) is 105 Å². The average molecular weight is 664 g/mol. The van der Waals surface area contributed by atoms with Crippen LogP contribution in [-0.2, 0) is 24.3 Å². The summed E-state index contributed by atoms with van der Waals surface area (Å²) in [4.78, 5) is 30.3. The second-order valence-corrected chi connectivity index (χ2v) is 11.7. The fourth-order valence-corrected chi connectivity index (χ4v) is 5.28. The van der Waals surface area contributed by atoms with Crippen molar-refractivity contribution in [3.05, 3.63) is 123 Å². The summed E-state index contributed by atoms with van der Waals surface area (Å²) in [6, 6.07) is 24.2. The Kier molecular flexibility index (Phi) is 11.4. The van der Waals surface area contributed by atoms with E-state index in [4.69, 9.17) is 12.2 Å². The summed E-state index contributed by atoms with van der Waals surface area (Å²) in [7, 11) is 0. The van der Waals surface area contributed by atoms with Crippen LogP contribution in [0.3, 0.4) is 0 Å². The molecule has 0 fully saturated rings. The minimum Gasteiger partial charge on any atom is -0.351 e. The van der Waals surface area contributed by atoms with Gasteiger partial charge in [-0.05, 0) is 57.3 Å². The van der Waals surface area contributed by atoms with Gasteiger partial charge in [0.25, 0.3) is 5.69 Å². The molecule has 0 aliphatic rings. The quantitative estimate of drug-likeness (QED) is 0.0947. The maximum absolute atomic E-state index is 13.4. The van der Waals surface area contributed by atoms with Gasteiger partial charge >= 0.3 is 0 Å². The number of nitrogens with zero attached hydrogens (tertiary/aromatic N) is 4. The largest absolute Gasteiger partial charge is 0.351 e. The number of non-ortho nitro benzene ring substituents is 1. The lowest BCUT2D eigenvalue weighted by Gasteiger charge is -2.33. The molecule has 9 nitrogen and oxygen atoms in total. The predicted molar refractivity (Wildman–Crippen MR) is 177 cm³/mol. The Bertz CT molecular complexity index is 1530. The summed E-state index contributed by atoms with van der Waals surface area (Å²) >= 11 is 9.49. The van der Waals surface area contributed by atoms with Crippen molar-refractivity contribution in [3.63, 3.8) is 0 Å². The van der Waals surface area contributed by atoms with Crippen molar-refractivity contribution in [2.24, 2.45) is 5.92 Å². The molecule has 0 aliphatic heterocycles. The smallest absolute Gasteiger partial charge is 0.269 e. The lowest BCUT2D eigenvalue weighted by atomic mass is 9.98. The lowest BCUT2D eigenvalue weighted by Crippen LogP contribution is -2.50. The van der Waals surface area contributed by atoms with E-state index in [1.54, 1.807) is 24.7 Å². The van der Waals surface area contributed by atoms with Crippen LogP contribution in [-0.4, -0.2) is 43.0 Å². The number of nitrogens with one attached hydrogen (secondary N) is 2. The van der Waals surface area contributed by atoms with E-state index in [0.29, 0.717) is 24.7 Å². The van der Waals surface area contributed by atoms with Crippen molar-refractivity contribution in [3.8, 4) is 0 Å². The molecule has 0 saturated carbocycles. The van der Waals surface area contributed by atoms with E-state index in [2.05, 4.69) is 62.4 Å². The normalized spacial score (nSPS) is 12.3. The van der Waals surface area contributed by atoms with E-state index in [1.165, 1.54) is 12.1 Å². The SMILES string of the molecule is CC[C@H](C)[C@@H](CN(Cc1ccccc1)C(=S)Nc1ccccc1Br)NC(=O)Cc1cncn1Cc1ccc([N+](=O)[O-])cc1. The van der Waals surface area contributed by atoms with E-state index < -0.39 is 4.92 Å². The number of hydrogen-bond donors (Lipinski definition) is 2. The minimum absolute atomic E-state index is 0.0393. The van der Waals surface area contributed by atoms with Crippen LogP contribution in [0.4, 0.5) is 11.4 Å². The van der Waals surface area contributed by atoms with Crippen molar-refractivity contribution in [2.75, 3.05) is 11.9 Å². The number of para-hydroxylation sites is 1. The molecule has 0 spiro atoms. The first-order chi connectivity index (χ1) is 20.7. The maximum Gasteiger partial charge on any atom is 0.269 e. The third kappa shape index (κ3) is 9.20. The van der Waals surface area contributed by atoms with Gasteiger partial charge in [0.05, 0.1) is 23.4 Å². The van der Waals surface area contributed by atoms with Gasteiger partial charge in [-0.1, -0.05) is 74.9 Å². The molecule has 0 saturated heterocycles. The summed E-state index contributed by atoms with van der Waals surface area (Å²) in [6.45, 7) is 5.81. The Balaban J connectivity index is 1.47. The highest BCUT2D eigenvalue weighted by Crippen LogP contribution is 2.23. The number of imidazole rings is 1. The number of nitro groups is 1. The number of nitro benzene ring substituents is 1. The molecular formula is C32H35BrN6O3S. The second kappa shape index (κ2) is 15.4. The molecular weight excluding hydrogens is 628 g/mol. The van der Waals surface area contributed by atoms with E-state index in [-0.39, 0.29) is 30.0 Å². The van der Waals surface area contributed by atoms with Gasteiger partial charge in [0.2, 0.25) is 5.91 Å². The number of benzene rings is 3. The zero-order valence-electron chi connectivity index (χ0n) is 24.2. The second-order valence-electron chi connectivity index (χ2n) is 10.4. The number of thiocarbonyl (C=S) groups is 1. The van der Waals surface area contributed by atoms with Crippen LogP contribution < -0.4 is 10.6 Å². The molecule has 11 heteroatoms. The molecule has 43 heavy (non-hydrogen) atoms. The molecule has 4 rings (SSSR count). The molecule has 0 unspecified atom stereocenters. The highest BCUT2D eigenvalue weighted by Gasteiger charge is 2.24. The van der Waals surface area contributed by atoms with Crippen molar-refractivity contribution in [1.29, 1.82) is 0 Å². The number of hydrogen-bond acceptors (Lipinski definition) is 5. The zero-order chi connectivity index (χ0) is 30.8. The van der Waals surface area contributed by atoms with E-state index >= 15 is 0 Å². The Morgan fingerprint density at radius 2 is 1.77 bits per heavy atom. The van der Waals surface area contributed by atoms with E-state index in [9.17, 15) is 14.9 Å². The van der Waals surface area contributed by atoms with Crippen LogP contribution >= 0.6 is 28.1 Å². The number of carbonyl (C=O) groups excluding carboxylic acids is 1. The van der Waals surface area contributed by atoms with E-state index in [1.807, 2.05) is 47.0 Å². The number of rotatable bonds is 13. The van der Waals surface area contributed by atoms with Crippen molar-refractivity contribution in [1.82, 2.24) is 19.8 Å². The van der Waals surface area contributed by atoms with Gasteiger partial charge in [-0.25, -0.2) is 4.98 Å². The van der Waals surface area contributed by atoms with Crippen LogP contribution in [0.2, 0.25) is 0 Å². The van der Waals surface area contributed by atoms with Crippen LogP contribution in [0.25, 0.3) is 0 Å². The molecule has 0 radical (unpaired) electrons. The first-order valence-corrected chi connectivity index (χ1v) is 15.3. The number of carbonyl (C=O) groups is 1. The van der Waals surface area contributed by atoms with Crippen molar-refractivity contribution < 1.29 is 9.72 Å². The van der Waals surface area contributed by atoms with Gasteiger partial charge in [0.15, 0.2) is 5.11 Å². The van der Waals surface area contributed by atoms with Gasteiger partial charge in [0, 0.05) is 54.2 Å². The molecule has 4 aromatic rings. The number of aromatic nitrogens is 2. The summed E-state index contributed by atoms with van der Waals surface area (Å²) < 4.78 is 2.80. The van der Waals surface area contributed by atoms with E-state index in [0.717, 1.165) is 33.4 Å². The third-order valence-electron chi connectivity index (χ3n) is 7.35. The van der Waals surface area contributed by atoms with Crippen LogP contribution in [0.5, 0.6) is 0 Å². The Hall–Kier alpha value is -4.09. The molecule has 0 bridgehead atoms. The lowest BCUT2D eigenvalue weighted by molar-refractivity contribution is -0.384. The van der Waals surface area contributed by atoms with Crippen molar-refractivity contribution >= 4 is 50.5 Å².